The summed E-state index contributed by atoms with van der Waals surface area (Å²) in [6.07, 6.45) is 2.32. The summed E-state index contributed by atoms with van der Waals surface area (Å²) in [5.74, 6) is -1.09. The highest BCUT2D eigenvalue weighted by Crippen LogP contribution is 2.32. The standard InChI is InChI=1S/C19H15N3O4/c1-11(9-12-10-20-15-7-3-2-5-13(12)15)21-18(23)14-6-4-8-16(22(25)26)17(14)19(21)24/h2-8,10-11,20H,9H2,1H3. The Morgan fingerprint density at radius 3 is 2.65 bits per heavy atom. The molecular formula is C19H15N3O4. The highest BCUT2D eigenvalue weighted by Gasteiger charge is 2.43. The number of fused-ring (bicyclic) bond motifs is 2. The summed E-state index contributed by atoms with van der Waals surface area (Å²) >= 11 is 0. The van der Waals surface area contributed by atoms with E-state index in [-0.39, 0.29) is 16.8 Å². The van der Waals surface area contributed by atoms with Crippen LogP contribution in [0.5, 0.6) is 0 Å². The molecule has 130 valence electrons. The second-order valence-corrected chi connectivity index (χ2v) is 6.35. The number of carbonyl (C=O) groups excluding carboxylic acids is 2. The fraction of sp³-hybridized carbons (Fsp3) is 0.158. The molecule has 1 aromatic heterocycles. The first-order valence-electron chi connectivity index (χ1n) is 8.19. The Balaban J connectivity index is 1.68. The van der Waals surface area contributed by atoms with Crippen LogP contribution in [0.15, 0.2) is 48.7 Å². The lowest BCUT2D eigenvalue weighted by Gasteiger charge is -2.22. The lowest BCUT2D eigenvalue weighted by atomic mass is 10.1. The maximum atomic E-state index is 12.8. The van der Waals surface area contributed by atoms with Gasteiger partial charge in [-0.05, 0) is 31.0 Å². The summed E-state index contributed by atoms with van der Waals surface area (Å²) in [6.45, 7) is 1.77. The van der Waals surface area contributed by atoms with E-state index in [0.717, 1.165) is 21.4 Å². The molecule has 0 aliphatic carbocycles. The Labute approximate surface area is 148 Å². The van der Waals surface area contributed by atoms with Crippen LogP contribution in [0.3, 0.4) is 0 Å². The summed E-state index contributed by atoms with van der Waals surface area (Å²) in [6, 6.07) is 11.5. The predicted octanol–water partition coefficient (Wildman–Crippen LogP) is 3.30. The molecule has 7 nitrogen and oxygen atoms in total. The van der Waals surface area contributed by atoms with E-state index in [0.29, 0.717) is 6.42 Å². The molecular weight excluding hydrogens is 334 g/mol. The molecule has 1 N–H and O–H groups in total. The van der Waals surface area contributed by atoms with Crippen LogP contribution in [0.1, 0.15) is 33.2 Å². The van der Waals surface area contributed by atoms with Gasteiger partial charge in [-0.25, -0.2) is 0 Å². The third-order valence-corrected chi connectivity index (χ3v) is 4.75. The van der Waals surface area contributed by atoms with Crippen LogP contribution in [0.4, 0.5) is 5.69 Å². The molecule has 2 heterocycles. The van der Waals surface area contributed by atoms with E-state index < -0.39 is 22.8 Å². The van der Waals surface area contributed by atoms with Crippen molar-refractivity contribution in [3.63, 3.8) is 0 Å². The number of rotatable bonds is 4. The molecule has 1 aliphatic heterocycles. The minimum atomic E-state index is -0.627. The van der Waals surface area contributed by atoms with E-state index in [1.54, 1.807) is 6.92 Å². The second kappa shape index (κ2) is 5.80. The van der Waals surface area contributed by atoms with Crippen LogP contribution in [-0.2, 0) is 6.42 Å². The van der Waals surface area contributed by atoms with Crippen molar-refractivity contribution in [2.75, 3.05) is 0 Å². The van der Waals surface area contributed by atoms with Gasteiger partial charge in [0.2, 0.25) is 0 Å². The number of H-pyrrole nitrogens is 1. The molecule has 4 rings (SSSR count). The monoisotopic (exact) mass is 349 g/mol. The summed E-state index contributed by atoms with van der Waals surface area (Å²) in [5.41, 5.74) is 1.61. The van der Waals surface area contributed by atoms with Crippen LogP contribution in [0.25, 0.3) is 10.9 Å². The molecule has 0 radical (unpaired) electrons. The Morgan fingerprint density at radius 2 is 1.88 bits per heavy atom. The van der Waals surface area contributed by atoms with Crippen molar-refractivity contribution in [3.8, 4) is 0 Å². The first-order valence-corrected chi connectivity index (χ1v) is 8.19. The Bertz CT molecular complexity index is 1070. The summed E-state index contributed by atoms with van der Waals surface area (Å²) in [5, 5.41) is 12.2. The smallest absolute Gasteiger partial charge is 0.282 e. The predicted molar refractivity (Wildman–Crippen MR) is 95.1 cm³/mol. The molecule has 0 saturated heterocycles. The van der Waals surface area contributed by atoms with Gasteiger partial charge in [-0.1, -0.05) is 24.3 Å². The number of aromatic nitrogens is 1. The van der Waals surface area contributed by atoms with E-state index in [1.165, 1.54) is 18.2 Å². The SMILES string of the molecule is CC(Cc1c[nH]c2ccccc12)N1C(=O)c2cccc([N+](=O)[O-])c2C1=O. The number of hydrogen-bond acceptors (Lipinski definition) is 4. The molecule has 7 heteroatoms. The number of aromatic amines is 1. The average molecular weight is 349 g/mol. The fourth-order valence-corrected chi connectivity index (χ4v) is 3.55. The van der Waals surface area contributed by atoms with Gasteiger partial charge >= 0.3 is 0 Å². The summed E-state index contributed by atoms with van der Waals surface area (Å²) in [4.78, 5) is 40.3. The molecule has 3 aromatic rings. The van der Waals surface area contributed by atoms with Crippen LogP contribution in [0, 0.1) is 10.1 Å². The fourth-order valence-electron chi connectivity index (χ4n) is 3.55. The molecule has 1 unspecified atom stereocenters. The van der Waals surface area contributed by atoms with Crippen molar-refractivity contribution in [1.82, 2.24) is 9.88 Å². The number of nitro benzene ring substituents is 1. The van der Waals surface area contributed by atoms with Crippen molar-refractivity contribution in [3.05, 3.63) is 75.5 Å². The van der Waals surface area contributed by atoms with Crippen LogP contribution >= 0.6 is 0 Å². The molecule has 0 bridgehead atoms. The first kappa shape index (κ1) is 16.0. The first-order chi connectivity index (χ1) is 12.5. The average Bonchev–Trinajstić information content (AvgIpc) is 3.14. The molecule has 1 atom stereocenters. The van der Waals surface area contributed by atoms with E-state index in [2.05, 4.69) is 4.98 Å². The van der Waals surface area contributed by atoms with Crippen molar-refractivity contribution >= 4 is 28.4 Å². The number of nitrogens with zero attached hydrogens (tertiary/aromatic N) is 2. The molecule has 0 spiro atoms. The summed E-state index contributed by atoms with van der Waals surface area (Å²) < 4.78 is 0. The van der Waals surface area contributed by atoms with Gasteiger partial charge < -0.3 is 4.98 Å². The van der Waals surface area contributed by atoms with Crippen molar-refractivity contribution in [2.24, 2.45) is 0 Å². The van der Waals surface area contributed by atoms with E-state index >= 15 is 0 Å². The number of carbonyl (C=O) groups is 2. The highest BCUT2D eigenvalue weighted by atomic mass is 16.6. The maximum absolute atomic E-state index is 12.8. The lowest BCUT2D eigenvalue weighted by Crippen LogP contribution is -2.39. The zero-order valence-electron chi connectivity index (χ0n) is 13.9. The van der Waals surface area contributed by atoms with Crippen LogP contribution in [0.2, 0.25) is 0 Å². The number of hydrogen-bond donors (Lipinski definition) is 1. The molecule has 2 aromatic carbocycles. The molecule has 26 heavy (non-hydrogen) atoms. The zero-order valence-corrected chi connectivity index (χ0v) is 13.9. The maximum Gasteiger partial charge on any atom is 0.282 e. The van der Waals surface area contributed by atoms with E-state index in [1.807, 2.05) is 30.5 Å². The minimum Gasteiger partial charge on any atom is -0.361 e. The third kappa shape index (κ3) is 2.28. The van der Waals surface area contributed by atoms with Crippen molar-refractivity contribution in [1.29, 1.82) is 0 Å². The Kier molecular flexibility index (Phi) is 3.57. The van der Waals surface area contributed by atoms with Gasteiger partial charge in [-0.15, -0.1) is 0 Å². The highest BCUT2D eigenvalue weighted by molar-refractivity contribution is 6.23. The topological polar surface area (TPSA) is 96.3 Å². The number of imide groups is 1. The number of nitro groups is 1. The van der Waals surface area contributed by atoms with Crippen molar-refractivity contribution in [2.45, 2.75) is 19.4 Å². The van der Waals surface area contributed by atoms with Crippen molar-refractivity contribution < 1.29 is 14.5 Å². The lowest BCUT2D eigenvalue weighted by molar-refractivity contribution is -0.385. The number of nitrogens with one attached hydrogen (secondary N) is 1. The number of amides is 2. The molecule has 1 aliphatic rings. The van der Waals surface area contributed by atoms with E-state index in [4.69, 9.17) is 0 Å². The van der Waals surface area contributed by atoms with Gasteiger partial charge in [0.25, 0.3) is 17.5 Å². The third-order valence-electron chi connectivity index (χ3n) is 4.75. The Morgan fingerprint density at radius 1 is 1.12 bits per heavy atom. The quantitative estimate of drug-likeness (QED) is 0.444. The van der Waals surface area contributed by atoms with Crippen LogP contribution in [-0.4, -0.2) is 32.7 Å². The number of benzene rings is 2. The van der Waals surface area contributed by atoms with E-state index in [9.17, 15) is 19.7 Å². The van der Waals surface area contributed by atoms with Gasteiger partial charge in [0.05, 0.1) is 10.5 Å². The van der Waals surface area contributed by atoms with Gasteiger partial charge in [-0.3, -0.25) is 24.6 Å². The molecule has 0 saturated carbocycles. The van der Waals surface area contributed by atoms with Gasteiger partial charge in [-0.2, -0.15) is 0 Å². The summed E-state index contributed by atoms with van der Waals surface area (Å²) in [7, 11) is 0. The normalized spacial score (nSPS) is 14.7. The van der Waals surface area contributed by atoms with Gasteiger partial charge in [0.15, 0.2) is 0 Å². The molecule has 0 fully saturated rings. The molecule has 2 amide bonds. The van der Waals surface area contributed by atoms with Crippen LogP contribution < -0.4 is 0 Å². The van der Waals surface area contributed by atoms with Gasteiger partial charge in [0.1, 0.15) is 5.56 Å². The minimum absolute atomic E-state index is 0.0926. The Hall–Kier alpha value is -3.48. The number of para-hydroxylation sites is 1. The van der Waals surface area contributed by atoms with Gasteiger partial charge in [0, 0.05) is 29.2 Å². The second-order valence-electron chi connectivity index (χ2n) is 6.35. The zero-order chi connectivity index (χ0) is 18.4. The largest absolute Gasteiger partial charge is 0.361 e.